The SMILES string of the molecule is CC(C)(C)c1c2c(c(N(c3ccc4c(c3)oc3ccccc34)c3ccc4c5ccccc5n(-c5ccccc5)c4c3)c3c1-c1ccccc1C3(C)C)C(C)(C)c1ccccc1-2. The lowest BCUT2D eigenvalue weighted by Crippen LogP contribution is -2.27. The normalized spacial score (nSPS) is 14.7. The van der Waals surface area contributed by atoms with E-state index in [4.69, 9.17) is 4.42 Å². The zero-order valence-corrected chi connectivity index (χ0v) is 35.9. The summed E-state index contributed by atoms with van der Waals surface area (Å²) in [5.41, 5.74) is 20.3. The molecule has 0 radical (unpaired) electrons. The first kappa shape index (κ1) is 36.0. The van der Waals surface area contributed by atoms with Crippen LogP contribution in [0.4, 0.5) is 17.1 Å². The number of hydrogen-bond acceptors (Lipinski definition) is 2. The molecule has 2 aliphatic carbocycles. The van der Waals surface area contributed by atoms with E-state index in [2.05, 4.69) is 222 Å². The maximum atomic E-state index is 6.70. The first-order valence-electron chi connectivity index (χ1n) is 21.7. The van der Waals surface area contributed by atoms with E-state index < -0.39 is 0 Å². The third kappa shape index (κ3) is 4.86. The van der Waals surface area contributed by atoms with Crippen LogP contribution >= 0.6 is 0 Å². The molecule has 2 aromatic heterocycles. The Morgan fingerprint density at radius 3 is 1.64 bits per heavy atom. The minimum Gasteiger partial charge on any atom is -0.456 e. The molecule has 0 unspecified atom stereocenters. The van der Waals surface area contributed by atoms with Crippen LogP contribution in [-0.4, -0.2) is 4.57 Å². The van der Waals surface area contributed by atoms with Gasteiger partial charge in [0.2, 0.25) is 0 Å². The predicted molar refractivity (Wildman–Crippen MR) is 257 cm³/mol. The minimum absolute atomic E-state index is 0.151. The summed E-state index contributed by atoms with van der Waals surface area (Å²) in [7, 11) is 0. The van der Waals surface area contributed by atoms with Crippen LogP contribution in [0, 0.1) is 0 Å². The number of para-hydroxylation sites is 3. The highest BCUT2D eigenvalue weighted by Crippen LogP contribution is 2.66. The van der Waals surface area contributed by atoms with Crippen LogP contribution in [0.2, 0.25) is 0 Å². The van der Waals surface area contributed by atoms with Crippen LogP contribution in [0.5, 0.6) is 0 Å². The van der Waals surface area contributed by atoms with Gasteiger partial charge in [-0.15, -0.1) is 0 Å². The van der Waals surface area contributed by atoms with Crippen molar-refractivity contribution in [3.8, 4) is 27.9 Å². The van der Waals surface area contributed by atoms with Gasteiger partial charge in [0, 0.05) is 55.5 Å². The molecular weight excluding hydrogens is 741 g/mol. The molecule has 8 aromatic carbocycles. The Kier molecular flexibility index (Phi) is 7.31. The average Bonchev–Trinajstić information content (AvgIpc) is 3.94. The van der Waals surface area contributed by atoms with Gasteiger partial charge in [0.1, 0.15) is 11.2 Å². The Bertz CT molecular complexity index is 3380. The van der Waals surface area contributed by atoms with Crippen LogP contribution in [0.15, 0.2) is 168 Å². The number of fused-ring (bicyclic) bond motifs is 12. The lowest BCUT2D eigenvalue weighted by atomic mass is 9.71. The van der Waals surface area contributed by atoms with Gasteiger partial charge in [-0.1, -0.05) is 158 Å². The van der Waals surface area contributed by atoms with Crippen LogP contribution < -0.4 is 4.90 Å². The molecule has 0 N–H and O–H groups in total. The molecule has 0 saturated carbocycles. The van der Waals surface area contributed by atoms with Gasteiger partial charge in [-0.3, -0.25) is 0 Å². The molecule has 61 heavy (non-hydrogen) atoms. The molecule has 3 nitrogen and oxygen atoms in total. The van der Waals surface area contributed by atoms with Gasteiger partial charge in [-0.25, -0.2) is 0 Å². The standard InChI is InChI=1S/C58H48N2O/c1-56(2,3)52-50-42-23-11-15-25-44(42)57(4,5)53(50)55(54-51(52)43-24-12-16-26-45(43)58(54,6)7)59(37-30-32-41-40-22-14-18-28-48(40)61-49(41)34-37)36-29-31-39-38-21-13-17-27-46(38)60(47(39)33-36)35-19-9-8-10-20-35/h8-34H,1-7H3. The van der Waals surface area contributed by atoms with Crippen LogP contribution in [0.3, 0.4) is 0 Å². The zero-order chi connectivity index (χ0) is 41.6. The topological polar surface area (TPSA) is 21.3 Å². The van der Waals surface area contributed by atoms with E-state index in [-0.39, 0.29) is 16.2 Å². The minimum atomic E-state index is -0.314. The van der Waals surface area contributed by atoms with E-state index >= 15 is 0 Å². The first-order valence-corrected chi connectivity index (χ1v) is 21.7. The predicted octanol–water partition coefficient (Wildman–Crippen LogP) is 16.1. The highest BCUT2D eigenvalue weighted by atomic mass is 16.3. The van der Waals surface area contributed by atoms with Crippen molar-refractivity contribution in [2.24, 2.45) is 0 Å². The maximum absolute atomic E-state index is 6.70. The van der Waals surface area contributed by atoms with Gasteiger partial charge in [-0.05, 0) is 104 Å². The third-order valence-electron chi connectivity index (χ3n) is 14.0. The van der Waals surface area contributed by atoms with Crippen LogP contribution in [0.1, 0.15) is 76.3 Å². The maximum Gasteiger partial charge on any atom is 0.137 e. The molecule has 3 heteroatoms. The number of nitrogens with zero attached hydrogens (tertiary/aromatic N) is 2. The second kappa shape index (κ2) is 12.4. The van der Waals surface area contributed by atoms with Gasteiger partial charge in [0.25, 0.3) is 0 Å². The summed E-state index contributed by atoms with van der Waals surface area (Å²) < 4.78 is 9.14. The molecule has 2 heterocycles. The molecule has 0 bridgehead atoms. The summed E-state index contributed by atoms with van der Waals surface area (Å²) in [6.07, 6.45) is 0. The van der Waals surface area contributed by atoms with E-state index in [1.165, 1.54) is 77.6 Å². The fraction of sp³-hybridized carbons (Fsp3) is 0.172. The van der Waals surface area contributed by atoms with E-state index in [9.17, 15) is 0 Å². The van der Waals surface area contributed by atoms with E-state index in [1.807, 2.05) is 0 Å². The quantitative estimate of drug-likeness (QED) is 0.177. The third-order valence-corrected chi connectivity index (χ3v) is 14.0. The molecule has 10 aromatic rings. The molecular formula is C58H48N2O. The monoisotopic (exact) mass is 788 g/mol. The average molecular weight is 789 g/mol. The molecule has 0 saturated heterocycles. The summed E-state index contributed by atoms with van der Waals surface area (Å²) in [6, 6.07) is 60.4. The number of benzene rings is 8. The number of aromatic nitrogens is 1. The van der Waals surface area contributed by atoms with Crippen molar-refractivity contribution in [1.82, 2.24) is 4.57 Å². The van der Waals surface area contributed by atoms with Gasteiger partial charge in [0.05, 0.1) is 16.7 Å². The lowest BCUT2D eigenvalue weighted by Gasteiger charge is -2.39. The van der Waals surface area contributed by atoms with Crippen molar-refractivity contribution < 1.29 is 4.42 Å². The highest BCUT2D eigenvalue weighted by Gasteiger charge is 2.50. The van der Waals surface area contributed by atoms with Crippen molar-refractivity contribution in [2.45, 2.75) is 64.7 Å². The van der Waals surface area contributed by atoms with Crippen molar-refractivity contribution in [2.75, 3.05) is 4.90 Å². The Balaban J connectivity index is 1.27. The second-order valence-electron chi connectivity index (χ2n) is 19.3. The smallest absolute Gasteiger partial charge is 0.137 e. The molecule has 12 rings (SSSR count). The summed E-state index contributed by atoms with van der Waals surface area (Å²) in [5, 5.41) is 4.73. The summed E-state index contributed by atoms with van der Waals surface area (Å²) >= 11 is 0. The summed E-state index contributed by atoms with van der Waals surface area (Å²) in [4.78, 5) is 2.60. The van der Waals surface area contributed by atoms with Gasteiger partial charge >= 0.3 is 0 Å². The summed E-state index contributed by atoms with van der Waals surface area (Å²) in [5.74, 6) is 0. The number of furan rings is 1. The molecule has 0 atom stereocenters. The highest BCUT2D eigenvalue weighted by molar-refractivity contribution is 6.12. The summed E-state index contributed by atoms with van der Waals surface area (Å²) in [6.45, 7) is 17.0. The van der Waals surface area contributed by atoms with Crippen molar-refractivity contribution in [3.05, 3.63) is 192 Å². The zero-order valence-electron chi connectivity index (χ0n) is 35.9. The van der Waals surface area contributed by atoms with Gasteiger partial charge < -0.3 is 13.9 Å². The fourth-order valence-electron chi connectivity index (χ4n) is 11.4. The van der Waals surface area contributed by atoms with Gasteiger partial charge in [0.15, 0.2) is 0 Å². The molecule has 0 fully saturated rings. The van der Waals surface area contributed by atoms with Crippen LogP contribution in [-0.2, 0) is 16.2 Å². The van der Waals surface area contributed by atoms with Crippen molar-refractivity contribution in [3.63, 3.8) is 0 Å². The second-order valence-corrected chi connectivity index (χ2v) is 19.3. The molecule has 0 amide bonds. The lowest BCUT2D eigenvalue weighted by molar-refractivity contribution is 0.587. The van der Waals surface area contributed by atoms with E-state index in [0.29, 0.717) is 0 Å². The van der Waals surface area contributed by atoms with Crippen LogP contribution in [0.25, 0.3) is 71.7 Å². The van der Waals surface area contributed by atoms with E-state index in [1.54, 1.807) is 0 Å². The van der Waals surface area contributed by atoms with Crippen molar-refractivity contribution in [1.29, 1.82) is 0 Å². The number of hydrogen-bond donors (Lipinski definition) is 0. The molecule has 296 valence electrons. The molecule has 2 aliphatic rings. The van der Waals surface area contributed by atoms with E-state index in [0.717, 1.165) is 39.0 Å². The first-order chi connectivity index (χ1) is 29.4. The Hall–Kier alpha value is -6.84. The Morgan fingerprint density at radius 1 is 0.475 bits per heavy atom. The Morgan fingerprint density at radius 2 is 0.984 bits per heavy atom. The number of anilines is 3. The Labute approximate surface area is 357 Å². The fourth-order valence-corrected chi connectivity index (χ4v) is 11.4. The molecule has 0 aliphatic heterocycles. The van der Waals surface area contributed by atoms with Gasteiger partial charge in [-0.2, -0.15) is 0 Å². The van der Waals surface area contributed by atoms with Crippen molar-refractivity contribution >= 4 is 60.8 Å². The molecule has 0 spiro atoms. The largest absolute Gasteiger partial charge is 0.456 e. The number of rotatable bonds is 4.